The highest BCUT2D eigenvalue weighted by atomic mass is 35.6. The van der Waals surface area contributed by atoms with E-state index in [0.717, 1.165) is 0 Å². The van der Waals surface area contributed by atoms with Crippen molar-refractivity contribution in [2.45, 2.75) is 81.4 Å². The summed E-state index contributed by atoms with van der Waals surface area (Å²) in [6, 6.07) is -2.58. The van der Waals surface area contributed by atoms with Crippen LogP contribution in [0.15, 0.2) is 12.7 Å². The standard InChI is InChI=1S/C24H39Cl3N4O6/c1-7-8-11-18(36-6)15(4)20(32)29-19(14(2)3)21(33)28-16(5)22(34)31-12-9-10-17(30-31)23(35)37-13-24(25,26)27/h7,14-19,30H,1,8-13H2,2-6H3,(H,28,33)(H,29,32). The van der Waals surface area contributed by atoms with Gasteiger partial charge in [-0.1, -0.05) is 61.7 Å². The van der Waals surface area contributed by atoms with Crippen LogP contribution < -0.4 is 16.1 Å². The van der Waals surface area contributed by atoms with Crippen molar-refractivity contribution in [3.8, 4) is 0 Å². The second-order valence-corrected chi connectivity index (χ2v) is 11.9. The number of nitrogens with zero attached hydrogens (tertiary/aromatic N) is 1. The van der Waals surface area contributed by atoms with E-state index in [1.807, 2.05) is 0 Å². The lowest BCUT2D eigenvalue weighted by molar-refractivity contribution is -0.152. The van der Waals surface area contributed by atoms with Gasteiger partial charge in [0.05, 0.1) is 12.0 Å². The first-order valence-electron chi connectivity index (χ1n) is 12.3. The van der Waals surface area contributed by atoms with Gasteiger partial charge < -0.3 is 20.1 Å². The van der Waals surface area contributed by atoms with Crippen molar-refractivity contribution in [2.24, 2.45) is 11.8 Å². The SMILES string of the molecule is C=CCCC(OC)C(C)C(=O)NC(C(=O)NC(C)C(=O)N1CCCC(C(=O)OCC(Cl)(Cl)Cl)N1)C(C)C. The highest BCUT2D eigenvalue weighted by molar-refractivity contribution is 6.67. The summed E-state index contributed by atoms with van der Waals surface area (Å²) >= 11 is 16.9. The third kappa shape index (κ3) is 11.4. The van der Waals surface area contributed by atoms with Crippen LogP contribution in [0.2, 0.25) is 0 Å². The number of hydrazine groups is 1. The maximum atomic E-state index is 13.0. The molecular formula is C24H39Cl3N4O6. The van der Waals surface area contributed by atoms with E-state index in [9.17, 15) is 19.2 Å². The highest BCUT2D eigenvalue weighted by Crippen LogP contribution is 2.26. The molecule has 0 saturated carbocycles. The smallest absolute Gasteiger partial charge is 0.325 e. The van der Waals surface area contributed by atoms with Crippen molar-refractivity contribution < 1.29 is 28.7 Å². The predicted molar refractivity (Wildman–Crippen MR) is 143 cm³/mol. The van der Waals surface area contributed by atoms with Gasteiger partial charge in [-0.2, -0.15) is 0 Å². The van der Waals surface area contributed by atoms with Crippen molar-refractivity contribution in [1.29, 1.82) is 0 Å². The summed E-state index contributed by atoms with van der Waals surface area (Å²) in [6.45, 7) is 10.5. The van der Waals surface area contributed by atoms with Crippen molar-refractivity contribution in [3.63, 3.8) is 0 Å². The minimum absolute atomic E-state index is 0.238. The molecule has 0 aromatic carbocycles. The minimum atomic E-state index is -1.74. The number of allylic oxidation sites excluding steroid dienone is 1. The van der Waals surface area contributed by atoms with Crippen molar-refractivity contribution in [1.82, 2.24) is 21.1 Å². The molecule has 10 nitrogen and oxygen atoms in total. The molecule has 0 radical (unpaired) electrons. The van der Waals surface area contributed by atoms with Crippen LogP contribution >= 0.6 is 34.8 Å². The maximum absolute atomic E-state index is 13.0. The van der Waals surface area contributed by atoms with E-state index in [2.05, 4.69) is 22.6 Å². The Balaban J connectivity index is 2.75. The fourth-order valence-electron chi connectivity index (χ4n) is 3.81. The van der Waals surface area contributed by atoms with Crippen LogP contribution in [0, 0.1) is 11.8 Å². The fraction of sp³-hybridized carbons (Fsp3) is 0.750. The van der Waals surface area contributed by atoms with Crippen molar-refractivity contribution in [2.75, 3.05) is 20.3 Å². The highest BCUT2D eigenvalue weighted by Gasteiger charge is 2.35. The predicted octanol–water partition coefficient (Wildman–Crippen LogP) is 2.66. The van der Waals surface area contributed by atoms with E-state index < -0.39 is 52.2 Å². The molecule has 3 N–H and O–H groups in total. The summed E-state index contributed by atoms with van der Waals surface area (Å²) in [5.41, 5.74) is 2.82. The number of amides is 3. The molecule has 1 heterocycles. The number of nitrogens with one attached hydrogen (secondary N) is 3. The number of carbonyl (C=O) groups is 4. The second-order valence-electron chi connectivity index (χ2n) is 9.43. The van der Waals surface area contributed by atoms with Gasteiger partial charge in [0.2, 0.25) is 15.6 Å². The van der Waals surface area contributed by atoms with E-state index >= 15 is 0 Å². The lowest BCUT2D eigenvalue weighted by Crippen LogP contribution is -2.61. The monoisotopic (exact) mass is 584 g/mol. The third-order valence-electron chi connectivity index (χ3n) is 6.02. The number of hydrogen-bond acceptors (Lipinski definition) is 7. The quantitative estimate of drug-likeness (QED) is 0.172. The average molecular weight is 586 g/mol. The number of methoxy groups -OCH3 is 1. The lowest BCUT2D eigenvalue weighted by atomic mass is 9.97. The number of carbonyl (C=O) groups excluding carboxylic acids is 4. The van der Waals surface area contributed by atoms with Gasteiger partial charge in [0, 0.05) is 13.7 Å². The first kappa shape index (κ1) is 33.4. The molecule has 13 heteroatoms. The van der Waals surface area contributed by atoms with Crippen LogP contribution in [-0.4, -0.2) is 77.0 Å². The Kier molecular flexibility index (Phi) is 14.2. The second kappa shape index (κ2) is 15.7. The largest absolute Gasteiger partial charge is 0.460 e. The van der Waals surface area contributed by atoms with Gasteiger partial charge in [-0.3, -0.25) is 24.2 Å². The van der Waals surface area contributed by atoms with Crippen LogP contribution in [0.4, 0.5) is 0 Å². The van der Waals surface area contributed by atoms with Gasteiger partial charge in [-0.25, -0.2) is 5.43 Å². The summed E-state index contributed by atoms with van der Waals surface area (Å²) in [4.78, 5) is 51.2. The molecular weight excluding hydrogens is 547 g/mol. The Morgan fingerprint density at radius 2 is 1.78 bits per heavy atom. The zero-order chi connectivity index (χ0) is 28.3. The molecule has 1 aliphatic heterocycles. The van der Waals surface area contributed by atoms with Gasteiger partial charge in [-0.05, 0) is 38.5 Å². The molecule has 37 heavy (non-hydrogen) atoms. The average Bonchev–Trinajstić information content (AvgIpc) is 2.84. The van der Waals surface area contributed by atoms with Crippen molar-refractivity contribution >= 4 is 58.5 Å². The van der Waals surface area contributed by atoms with Crippen LogP contribution in [0.3, 0.4) is 0 Å². The Morgan fingerprint density at radius 1 is 1.14 bits per heavy atom. The van der Waals surface area contributed by atoms with Crippen molar-refractivity contribution in [3.05, 3.63) is 12.7 Å². The number of rotatable bonds is 13. The summed E-state index contributed by atoms with van der Waals surface area (Å²) < 4.78 is 8.70. The van der Waals surface area contributed by atoms with Gasteiger partial charge >= 0.3 is 5.97 Å². The molecule has 212 valence electrons. The summed E-state index contributed by atoms with van der Waals surface area (Å²) in [5, 5.41) is 6.73. The van der Waals surface area contributed by atoms with Gasteiger partial charge in [0.1, 0.15) is 24.7 Å². The molecule has 0 aromatic rings. The number of halogens is 3. The molecule has 1 aliphatic rings. The number of ether oxygens (including phenoxy) is 2. The molecule has 1 rings (SSSR count). The normalized spacial score (nSPS) is 19.4. The van der Waals surface area contributed by atoms with Crippen LogP contribution in [0.1, 0.15) is 53.4 Å². The Hall–Kier alpha value is -1.59. The summed E-state index contributed by atoms with van der Waals surface area (Å²) in [6.07, 6.45) is 3.71. The van der Waals surface area contributed by atoms with E-state index in [-0.39, 0.29) is 17.9 Å². The maximum Gasteiger partial charge on any atom is 0.325 e. The topological polar surface area (TPSA) is 126 Å². The Morgan fingerprint density at radius 3 is 2.32 bits per heavy atom. The van der Waals surface area contributed by atoms with E-state index in [0.29, 0.717) is 32.2 Å². The van der Waals surface area contributed by atoms with Gasteiger partial charge in [-0.15, -0.1) is 6.58 Å². The summed E-state index contributed by atoms with van der Waals surface area (Å²) in [5.74, 6) is -2.64. The van der Waals surface area contributed by atoms with Crippen LogP contribution in [-0.2, 0) is 28.7 Å². The van der Waals surface area contributed by atoms with Crippen LogP contribution in [0.5, 0.6) is 0 Å². The van der Waals surface area contributed by atoms with E-state index in [1.54, 1.807) is 26.8 Å². The Labute approximate surface area is 234 Å². The van der Waals surface area contributed by atoms with Gasteiger partial charge in [0.15, 0.2) is 0 Å². The Bertz CT molecular complexity index is 808. The molecule has 1 fully saturated rings. The number of hydrogen-bond donors (Lipinski definition) is 3. The fourth-order valence-corrected chi connectivity index (χ4v) is 3.97. The molecule has 5 atom stereocenters. The molecule has 0 aromatic heterocycles. The van der Waals surface area contributed by atoms with E-state index in [1.165, 1.54) is 19.0 Å². The molecule has 0 spiro atoms. The molecule has 3 amide bonds. The first-order valence-corrected chi connectivity index (χ1v) is 13.4. The molecule has 5 unspecified atom stereocenters. The van der Waals surface area contributed by atoms with Gasteiger partial charge in [0.25, 0.3) is 5.91 Å². The van der Waals surface area contributed by atoms with Crippen LogP contribution in [0.25, 0.3) is 0 Å². The molecule has 1 saturated heterocycles. The number of alkyl halides is 3. The molecule has 0 bridgehead atoms. The zero-order valence-electron chi connectivity index (χ0n) is 22.0. The minimum Gasteiger partial charge on any atom is -0.460 e. The number of esters is 1. The summed E-state index contributed by atoms with van der Waals surface area (Å²) in [7, 11) is 1.54. The third-order valence-corrected chi connectivity index (χ3v) is 6.35. The first-order chi connectivity index (χ1) is 17.2. The lowest BCUT2D eigenvalue weighted by Gasteiger charge is -2.35. The zero-order valence-corrected chi connectivity index (χ0v) is 24.3. The molecule has 0 aliphatic carbocycles. The van der Waals surface area contributed by atoms with E-state index in [4.69, 9.17) is 44.3 Å².